The van der Waals surface area contributed by atoms with Crippen LogP contribution in [0.2, 0.25) is 10.0 Å². The zero-order valence-corrected chi connectivity index (χ0v) is 30.9. The Morgan fingerprint density at radius 2 is 1.16 bits per heavy atom. The summed E-state index contributed by atoms with van der Waals surface area (Å²) in [5.41, 5.74) is 5.82. The summed E-state index contributed by atoms with van der Waals surface area (Å²) in [4.78, 5) is 48.2. The quantitative estimate of drug-likeness (QED) is 0.0922. The maximum Gasteiger partial charge on any atom is 0.433 e. The number of imidazole rings is 1. The van der Waals surface area contributed by atoms with Gasteiger partial charge in [0, 0.05) is 35.0 Å². The number of aryl methyl sites for hydroxylation is 2. The fourth-order valence-corrected chi connectivity index (χ4v) is 5.31. The number of aromatic nitrogens is 4. The first-order valence-corrected chi connectivity index (χ1v) is 17.0. The molecular formula is C38H28Cl2F6N8O3. The molecule has 294 valence electrons. The van der Waals surface area contributed by atoms with Crippen LogP contribution in [-0.4, -0.2) is 37.2 Å². The summed E-state index contributed by atoms with van der Waals surface area (Å²) in [6.07, 6.45) is -4.11. The Balaban J connectivity index is 0.000000242. The minimum atomic E-state index is -4.61. The number of carbonyl (C=O) groups is 3. The van der Waals surface area contributed by atoms with Crippen LogP contribution in [0, 0.1) is 13.8 Å². The molecule has 0 atom stereocenters. The van der Waals surface area contributed by atoms with Gasteiger partial charge in [-0.25, -0.2) is 15.0 Å². The zero-order chi connectivity index (χ0) is 41.7. The number of nitrogens with two attached hydrogens (primary N) is 1. The second-order valence-corrected chi connectivity index (χ2v) is 12.8. The molecule has 11 nitrogen and oxygen atoms in total. The minimum Gasteiger partial charge on any atom is -0.397 e. The fraction of sp³-hybridized carbons (Fsp3) is 0.105. The topological polar surface area (TPSA) is 157 Å². The molecule has 0 unspecified atom stereocenters. The van der Waals surface area contributed by atoms with Crippen molar-refractivity contribution < 1.29 is 40.7 Å². The van der Waals surface area contributed by atoms with Crippen LogP contribution in [-0.2, 0) is 12.4 Å². The number of benzene rings is 3. The second-order valence-electron chi connectivity index (χ2n) is 12.0. The number of pyridine rings is 2. The Hall–Kier alpha value is -6.46. The van der Waals surface area contributed by atoms with Crippen molar-refractivity contribution in [1.82, 2.24) is 19.5 Å². The SMILES string of the molecule is Cc1nc(C(F)(F)F)ccc1C(=O)Nc1ccc(Cl)c(N)c1.Cc1nc(C(F)(F)F)ccc1C(=O)Nc1ccc(Cl)c(NC(=O)c2ccc(-n3ccnc3)cc2)c1. The normalized spacial score (nSPS) is 11.3. The lowest BCUT2D eigenvalue weighted by molar-refractivity contribution is -0.142. The Labute approximate surface area is 329 Å². The molecule has 0 aliphatic carbocycles. The molecule has 0 aliphatic heterocycles. The Bertz CT molecular complexity index is 2440. The highest BCUT2D eigenvalue weighted by Crippen LogP contribution is 2.31. The van der Waals surface area contributed by atoms with Crippen molar-refractivity contribution in [3.63, 3.8) is 0 Å². The van der Waals surface area contributed by atoms with Crippen LogP contribution >= 0.6 is 23.2 Å². The minimum absolute atomic E-state index is 0.0171. The van der Waals surface area contributed by atoms with Gasteiger partial charge in [-0.1, -0.05) is 23.2 Å². The van der Waals surface area contributed by atoms with Crippen LogP contribution < -0.4 is 21.7 Å². The molecule has 19 heteroatoms. The number of halogens is 8. The molecule has 3 amide bonds. The summed E-state index contributed by atoms with van der Waals surface area (Å²) in [5, 5.41) is 8.37. The highest BCUT2D eigenvalue weighted by molar-refractivity contribution is 6.34. The summed E-state index contributed by atoms with van der Waals surface area (Å²) < 4.78 is 77.9. The molecule has 0 radical (unpaired) electrons. The molecule has 0 aliphatic rings. The number of hydrogen-bond acceptors (Lipinski definition) is 7. The molecule has 0 saturated heterocycles. The van der Waals surface area contributed by atoms with E-state index in [9.17, 15) is 40.7 Å². The summed E-state index contributed by atoms with van der Waals surface area (Å²) >= 11 is 12.0. The number of nitrogens with one attached hydrogen (secondary N) is 3. The van der Waals surface area contributed by atoms with Crippen LogP contribution in [0.4, 0.5) is 49.1 Å². The number of hydrogen-bond donors (Lipinski definition) is 4. The Morgan fingerprint density at radius 1 is 0.649 bits per heavy atom. The molecule has 3 heterocycles. The second kappa shape index (κ2) is 17.1. The van der Waals surface area contributed by atoms with Crippen molar-refractivity contribution in [2.45, 2.75) is 26.2 Å². The van der Waals surface area contributed by atoms with Crippen molar-refractivity contribution in [3.8, 4) is 5.69 Å². The molecule has 0 spiro atoms. The third-order valence-electron chi connectivity index (χ3n) is 7.90. The van der Waals surface area contributed by atoms with Crippen molar-refractivity contribution in [2.75, 3.05) is 21.7 Å². The van der Waals surface area contributed by atoms with Crippen LogP contribution in [0.3, 0.4) is 0 Å². The smallest absolute Gasteiger partial charge is 0.397 e. The highest BCUT2D eigenvalue weighted by Gasteiger charge is 2.34. The van der Waals surface area contributed by atoms with Gasteiger partial charge in [0.25, 0.3) is 17.7 Å². The predicted molar refractivity (Wildman–Crippen MR) is 203 cm³/mol. The number of amides is 3. The molecular weight excluding hydrogens is 801 g/mol. The molecule has 6 rings (SSSR count). The van der Waals surface area contributed by atoms with Crippen molar-refractivity contribution in [3.05, 3.63) is 153 Å². The molecule has 0 saturated carbocycles. The van der Waals surface area contributed by atoms with E-state index >= 15 is 0 Å². The maximum absolute atomic E-state index is 12.8. The average Bonchev–Trinajstić information content (AvgIpc) is 3.69. The molecule has 5 N–H and O–H groups in total. The summed E-state index contributed by atoms with van der Waals surface area (Å²) in [6, 6.07) is 19.4. The first kappa shape index (κ1) is 41.7. The summed E-state index contributed by atoms with van der Waals surface area (Å²) in [7, 11) is 0. The van der Waals surface area contributed by atoms with Crippen LogP contribution in [0.1, 0.15) is 53.8 Å². The molecule has 3 aromatic carbocycles. The van der Waals surface area contributed by atoms with E-state index in [1.165, 1.54) is 50.2 Å². The first-order chi connectivity index (χ1) is 26.8. The van der Waals surface area contributed by atoms with Gasteiger partial charge in [0.15, 0.2) is 0 Å². The lowest BCUT2D eigenvalue weighted by Crippen LogP contribution is -2.17. The van der Waals surface area contributed by atoms with Gasteiger partial charge in [-0.05, 0) is 98.8 Å². The number of nitrogens with zero attached hydrogens (tertiary/aromatic N) is 4. The molecule has 6 aromatic rings. The van der Waals surface area contributed by atoms with E-state index in [0.29, 0.717) is 16.3 Å². The van der Waals surface area contributed by atoms with E-state index in [-0.39, 0.29) is 44.6 Å². The molecule has 57 heavy (non-hydrogen) atoms. The van der Waals surface area contributed by atoms with E-state index in [0.717, 1.165) is 30.0 Å². The summed E-state index contributed by atoms with van der Waals surface area (Å²) in [5.74, 6) is -1.66. The number of carbonyl (C=O) groups excluding carboxylic acids is 3. The Morgan fingerprint density at radius 3 is 1.61 bits per heavy atom. The Kier molecular flexibility index (Phi) is 12.5. The van der Waals surface area contributed by atoms with Crippen LogP contribution in [0.25, 0.3) is 5.69 Å². The third kappa shape index (κ3) is 10.6. The predicted octanol–water partition coefficient (Wildman–Crippen LogP) is 9.65. The van der Waals surface area contributed by atoms with Gasteiger partial charge < -0.3 is 26.3 Å². The zero-order valence-electron chi connectivity index (χ0n) is 29.4. The number of alkyl halides is 6. The van der Waals surface area contributed by atoms with E-state index in [1.54, 1.807) is 47.6 Å². The number of nitrogen functional groups attached to an aromatic ring is 1. The first-order valence-electron chi connectivity index (χ1n) is 16.3. The lowest BCUT2D eigenvalue weighted by atomic mass is 10.1. The van der Waals surface area contributed by atoms with E-state index < -0.39 is 41.5 Å². The van der Waals surface area contributed by atoms with Gasteiger partial charge in [0.1, 0.15) is 11.4 Å². The average molecular weight is 830 g/mol. The van der Waals surface area contributed by atoms with E-state index in [2.05, 4.69) is 30.9 Å². The molecule has 3 aromatic heterocycles. The van der Waals surface area contributed by atoms with Crippen molar-refractivity contribution in [2.24, 2.45) is 0 Å². The standard InChI is InChI=1S/C24H17ClF3N5O2.C14H11ClF3N3O/c1-14-18(7-9-21(30-14)24(26,27)28)23(35)31-16-4-8-19(25)20(12-16)32-22(34)15-2-5-17(6-3-15)33-11-10-29-13-33;1-7-9(3-5-12(20-7)14(16,17)18)13(22)21-8-2-4-10(15)11(19)6-8/h2-13H,1H3,(H,31,35)(H,32,34);2-6H,19H2,1H3,(H,21,22). The lowest BCUT2D eigenvalue weighted by Gasteiger charge is -2.13. The maximum atomic E-state index is 12.8. The largest absolute Gasteiger partial charge is 0.433 e. The van der Waals surface area contributed by atoms with Gasteiger partial charge >= 0.3 is 12.4 Å². The summed E-state index contributed by atoms with van der Waals surface area (Å²) in [6.45, 7) is 2.65. The van der Waals surface area contributed by atoms with E-state index in [4.69, 9.17) is 28.9 Å². The third-order valence-corrected chi connectivity index (χ3v) is 8.57. The van der Waals surface area contributed by atoms with Crippen molar-refractivity contribution in [1.29, 1.82) is 0 Å². The van der Waals surface area contributed by atoms with Gasteiger partial charge in [0.05, 0.1) is 50.3 Å². The van der Waals surface area contributed by atoms with Crippen molar-refractivity contribution >= 4 is 63.7 Å². The van der Waals surface area contributed by atoms with Gasteiger partial charge in [0.2, 0.25) is 0 Å². The van der Waals surface area contributed by atoms with Gasteiger partial charge in [-0.2, -0.15) is 26.3 Å². The van der Waals surface area contributed by atoms with Gasteiger partial charge in [-0.3, -0.25) is 14.4 Å². The van der Waals surface area contributed by atoms with Crippen LogP contribution in [0.5, 0.6) is 0 Å². The van der Waals surface area contributed by atoms with Crippen LogP contribution in [0.15, 0.2) is 104 Å². The molecule has 0 fully saturated rings. The van der Waals surface area contributed by atoms with E-state index in [1.807, 2.05) is 0 Å². The monoisotopic (exact) mass is 828 g/mol. The highest BCUT2D eigenvalue weighted by atomic mass is 35.5. The molecule has 0 bridgehead atoms. The number of rotatable bonds is 7. The fourth-order valence-electron chi connectivity index (χ4n) is 5.03. The van der Waals surface area contributed by atoms with Gasteiger partial charge in [-0.15, -0.1) is 0 Å². The number of anilines is 4.